The van der Waals surface area contributed by atoms with E-state index in [1.54, 1.807) is 0 Å². The third-order valence-corrected chi connectivity index (χ3v) is 3.26. The molecular formula is C14H23CaN3O10. The zero-order valence-corrected chi connectivity index (χ0v) is 17.4. The topological polar surface area (TPSA) is 196 Å². The minimum absolute atomic E-state index is 0. The molecule has 0 aromatic rings. The van der Waals surface area contributed by atoms with Crippen LogP contribution in [0.2, 0.25) is 0 Å². The monoisotopic (exact) mass is 433 g/mol. The molecule has 156 valence electrons. The summed E-state index contributed by atoms with van der Waals surface area (Å²) in [7, 11) is 0. The summed E-state index contributed by atoms with van der Waals surface area (Å²) >= 11 is 0. The van der Waals surface area contributed by atoms with E-state index in [9.17, 15) is 24.0 Å². The fourth-order valence-electron chi connectivity index (χ4n) is 2.22. The van der Waals surface area contributed by atoms with Crippen LogP contribution < -0.4 is 0 Å². The fraction of sp³-hybridized carbons (Fsp3) is 0.643. The van der Waals surface area contributed by atoms with Crippen LogP contribution in [0.4, 0.5) is 0 Å². The second kappa shape index (κ2) is 15.4. The summed E-state index contributed by atoms with van der Waals surface area (Å²) in [5.74, 6) is -6.16. The molecule has 0 aromatic heterocycles. The summed E-state index contributed by atoms with van der Waals surface area (Å²) in [6.07, 6.45) is 0. The van der Waals surface area contributed by atoms with Crippen molar-refractivity contribution in [1.82, 2.24) is 14.7 Å². The number of hydrogen-bond acceptors (Lipinski definition) is 8. The van der Waals surface area contributed by atoms with E-state index in [4.69, 9.17) is 25.5 Å². The summed E-state index contributed by atoms with van der Waals surface area (Å²) < 4.78 is 0. The van der Waals surface area contributed by atoms with Gasteiger partial charge in [-0.25, -0.2) is 0 Å². The van der Waals surface area contributed by atoms with Crippen molar-refractivity contribution in [3.63, 3.8) is 0 Å². The van der Waals surface area contributed by atoms with Crippen LogP contribution in [-0.2, 0) is 24.0 Å². The van der Waals surface area contributed by atoms with Crippen molar-refractivity contribution < 1.29 is 49.5 Å². The first-order chi connectivity index (χ1) is 12.5. The molecular weight excluding hydrogens is 410 g/mol. The third-order valence-electron chi connectivity index (χ3n) is 3.26. The zero-order valence-electron chi connectivity index (χ0n) is 15.2. The molecule has 0 heterocycles. The van der Waals surface area contributed by atoms with E-state index in [-0.39, 0.29) is 63.9 Å². The predicted octanol–water partition coefficient (Wildman–Crippen LogP) is -3.07. The SMILES string of the molecule is O=C(O)CN(CCN(CC(=O)O)CC(=O)O)CCN(CC(=O)O)CC(=O)O.[Ca]. The first-order valence-corrected chi connectivity index (χ1v) is 7.75. The summed E-state index contributed by atoms with van der Waals surface area (Å²) in [6, 6.07) is 0. The molecule has 0 saturated carbocycles. The fourth-order valence-corrected chi connectivity index (χ4v) is 2.22. The first kappa shape index (κ1) is 28.7. The van der Waals surface area contributed by atoms with E-state index >= 15 is 0 Å². The largest absolute Gasteiger partial charge is 0.480 e. The van der Waals surface area contributed by atoms with E-state index in [0.29, 0.717) is 0 Å². The van der Waals surface area contributed by atoms with Crippen LogP contribution >= 0.6 is 0 Å². The Morgan fingerprint density at radius 3 is 0.821 bits per heavy atom. The summed E-state index contributed by atoms with van der Waals surface area (Å²) in [6.45, 7) is -2.74. The average molecular weight is 433 g/mol. The van der Waals surface area contributed by atoms with E-state index in [1.807, 2.05) is 0 Å². The van der Waals surface area contributed by atoms with Crippen LogP contribution in [-0.4, -0.2) is 167 Å². The third kappa shape index (κ3) is 16.6. The van der Waals surface area contributed by atoms with Crippen molar-refractivity contribution in [2.24, 2.45) is 0 Å². The molecule has 0 spiro atoms. The van der Waals surface area contributed by atoms with Crippen molar-refractivity contribution in [3.05, 3.63) is 0 Å². The molecule has 28 heavy (non-hydrogen) atoms. The zero-order chi connectivity index (χ0) is 21.0. The van der Waals surface area contributed by atoms with Gasteiger partial charge in [0.05, 0.1) is 32.7 Å². The Labute approximate surface area is 190 Å². The second-order valence-corrected chi connectivity index (χ2v) is 5.67. The number of carbonyl (C=O) groups is 5. The van der Waals surface area contributed by atoms with Gasteiger partial charge in [-0.05, 0) is 0 Å². The first-order valence-electron chi connectivity index (χ1n) is 7.75. The second-order valence-electron chi connectivity index (χ2n) is 5.67. The van der Waals surface area contributed by atoms with E-state index in [2.05, 4.69) is 0 Å². The van der Waals surface area contributed by atoms with Crippen LogP contribution in [0.3, 0.4) is 0 Å². The maximum atomic E-state index is 11.0. The molecule has 0 fully saturated rings. The molecule has 0 aromatic carbocycles. The molecule has 5 N–H and O–H groups in total. The maximum Gasteiger partial charge on any atom is 0.317 e. The van der Waals surface area contributed by atoms with Crippen LogP contribution in [0.15, 0.2) is 0 Å². The summed E-state index contributed by atoms with van der Waals surface area (Å²) in [5.41, 5.74) is 0. The number of rotatable bonds is 16. The van der Waals surface area contributed by atoms with E-state index in [1.165, 1.54) is 4.90 Å². The molecule has 14 heteroatoms. The van der Waals surface area contributed by atoms with Gasteiger partial charge in [0.15, 0.2) is 0 Å². The molecule has 0 amide bonds. The van der Waals surface area contributed by atoms with Gasteiger partial charge in [0.1, 0.15) is 0 Å². The number of nitrogens with zero attached hydrogens (tertiary/aromatic N) is 3. The van der Waals surface area contributed by atoms with E-state index < -0.39 is 62.6 Å². The van der Waals surface area contributed by atoms with Crippen LogP contribution in [0.25, 0.3) is 0 Å². The molecule has 0 unspecified atom stereocenters. The molecule has 0 aliphatic rings. The van der Waals surface area contributed by atoms with Crippen LogP contribution in [0.1, 0.15) is 0 Å². The van der Waals surface area contributed by atoms with Gasteiger partial charge in [0.2, 0.25) is 0 Å². The van der Waals surface area contributed by atoms with Crippen LogP contribution in [0.5, 0.6) is 0 Å². The normalized spacial score (nSPS) is 10.7. The van der Waals surface area contributed by atoms with Gasteiger partial charge in [-0.1, -0.05) is 0 Å². The molecule has 0 saturated heterocycles. The molecule has 0 bridgehead atoms. The van der Waals surface area contributed by atoms with E-state index in [0.717, 1.165) is 9.80 Å². The van der Waals surface area contributed by atoms with Crippen molar-refractivity contribution in [2.45, 2.75) is 0 Å². The molecule has 0 rings (SSSR count). The van der Waals surface area contributed by atoms with Gasteiger partial charge in [-0.3, -0.25) is 38.7 Å². The number of carboxylic acid groups (broad SMARTS) is 5. The Balaban J connectivity index is 0. The average Bonchev–Trinajstić information content (AvgIpc) is 2.46. The Morgan fingerprint density at radius 2 is 0.607 bits per heavy atom. The molecule has 13 nitrogen and oxygen atoms in total. The molecule has 0 aliphatic heterocycles. The number of hydrogen-bond donors (Lipinski definition) is 5. The number of aliphatic carboxylic acids is 5. The quantitative estimate of drug-likeness (QED) is 0.154. The minimum Gasteiger partial charge on any atom is -0.480 e. The smallest absolute Gasteiger partial charge is 0.317 e. The Kier molecular flexibility index (Phi) is 15.8. The molecule has 2 radical (unpaired) electrons. The maximum absolute atomic E-state index is 11.0. The predicted molar refractivity (Wildman–Crippen MR) is 93.3 cm³/mol. The summed E-state index contributed by atoms with van der Waals surface area (Å²) in [5, 5.41) is 44.1. The Bertz CT molecular complexity index is 487. The van der Waals surface area contributed by atoms with Crippen molar-refractivity contribution in [3.8, 4) is 0 Å². The number of carboxylic acids is 5. The summed E-state index contributed by atoms with van der Waals surface area (Å²) in [4.78, 5) is 57.6. The Morgan fingerprint density at radius 1 is 0.429 bits per heavy atom. The van der Waals surface area contributed by atoms with Gasteiger partial charge in [0.25, 0.3) is 0 Å². The van der Waals surface area contributed by atoms with Crippen LogP contribution in [0, 0.1) is 0 Å². The van der Waals surface area contributed by atoms with Crippen molar-refractivity contribution in [1.29, 1.82) is 0 Å². The van der Waals surface area contributed by atoms with Gasteiger partial charge in [-0.15, -0.1) is 0 Å². The van der Waals surface area contributed by atoms with Crippen molar-refractivity contribution in [2.75, 3.05) is 58.9 Å². The van der Waals surface area contributed by atoms with Gasteiger partial charge in [0, 0.05) is 63.9 Å². The standard InChI is InChI=1S/C14H23N3O10.Ca/c18-10(19)5-15(1-3-16(6-11(20)21)7-12(22)23)2-4-17(8-13(24)25)9-14(26)27;/h1-9H2,(H,18,19)(H,20,21)(H,22,23)(H,24,25)(H,26,27);. The van der Waals surface area contributed by atoms with Gasteiger partial charge < -0.3 is 25.5 Å². The van der Waals surface area contributed by atoms with Crippen molar-refractivity contribution >= 4 is 67.6 Å². The van der Waals surface area contributed by atoms with Gasteiger partial charge >= 0.3 is 29.8 Å². The van der Waals surface area contributed by atoms with Gasteiger partial charge in [-0.2, -0.15) is 0 Å². The minimum atomic E-state index is -1.24. The molecule has 0 atom stereocenters. The Hall–Kier alpha value is -1.51. The molecule has 0 aliphatic carbocycles.